The molecule has 2 aromatic carbocycles. The van der Waals surface area contributed by atoms with Gasteiger partial charge in [0.15, 0.2) is 5.58 Å². The zero-order valence-electron chi connectivity index (χ0n) is 16.2. The van der Waals surface area contributed by atoms with Crippen molar-refractivity contribution in [2.45, 2.75) is 30.6 Å². The smallest absolute Gasteiger partial charge is 0.416 e. The van der Waals surface area contributed by atoms with Crippen molar-refractivity contribution in [2.75, 3.05) is 0 Å². The van der Waals surface area contributed by atoms with Crippen molar-refractivity contribution in [2.24, 2.45) is 0 Å². The molecule has 1 N–H and O–H groups in total. The number of carbonyl (C=O) groups excluding carboxylic acids is 1. The number of carbonyl (C=O) groups is 1. The lowest BCUT2D eigenvalue weighted by Crippen LogP contribution is -2.23. The molecule has 0 spiro atoms. The highest BCUT2D eigenvalue weighted by Gasteiger charge is 2.30. The first-order valence-corrected chi connectivity index (χ1v) is 11.0. The number of oxazole rings is 1. The number of thiazole rings is 1. The van der Waals surface area contributed by atoms with Gasteiger partial charge in [-0.05, 0) is 42.3 Å². The Morgan fingerprint density at radius 3 is 2.84 bits per heavy atom. The number of nitrogens with one attached hydrogen (secondary N) is 1. The van der Waals surface area contributed by atoms with E-state index >= 15 is 0 Å². The van der Waals surface area contributed by atoms with E-state index in [-0.39, 0.29) is 12.2 Å². The number of aryl methyl sites for hydroxylation is 1. The van der Waals surface area contributed by atoms with Crippen LogP contribution in [-0.2, 0) is 18.5 Å². The Labute approximate surface area is 183 Å². The quantitative estimate of drug-likeness (QED) is 0.364. The first-order chi connectivity index (χ1) is 14.8. The van der Waals surface area contributed by atoms with Gasteiger partial charge in [0.1, 0.15) is 16.2 Å². The van der Waals surface area contributed by atoms with Gasteiger partial charge in [-0.2, -0.15) is 13.2 Å². The third kappa shape index (κ3) is 5.26. The number of halogens is 3. The molecule has 0 fully saturated rings. The van der Waals surface area contributed by atoms with Gasteiger partial charge in [-0.1, -0.05) is 30.0 Å². The fraction of sp³-hybridized carbons (Fsp3) is 0.190. The third-order valence-corrected chi connectivity index (χ3v) is 6.21. The Hall–Kier alpha value is -2.85. The SMILES string of the molecule is Cc1ccc2oc(SCc3nc(C(=O)NCc4cccc(C(F)(F)F)c4)cs3)nc2c1. The van der Waals surface area contributed by atoms with Crippen LogP contribution in [0.4, 0.5) is 13.2 Å². The summed E-state index contributed by atoms with van der Waals surface area (Å²) in [7, 11) is 0. The second-order valence-electron chi connectivity index (χ2n) is 6.75. The van der Waals surface area contributed by atoms with Gasteiger partial charge in [0.2, 0.25) is 0 Å². The molecule has 160 valence electrons. The van der Waals surface area contributed by atoms with Crippen LogP contribution in [0, 0.1) is 6.92 Å². The number of alkyl halides is 3. The Kier molecular flexibility index (Phi) is 6.01. The molecule has 0 saturated heterocycles. The first kappa shape index (κ1) is 21.4. The van der Waals surface area contributed by atoms with Crippen molar-refractivity contribution in [3.05, 3.63) is 75.2 Å². The minimum Gasteiger partial charge on any atom is -0.431 e. The molecule has 1 amide bonds. The number of rotatable bonds is 6. The topological polar surface area (TPSA) is 68.0 Å². The summed E-state index contributed by atoms with van der Waals surface area (Å²) in [4.78, 5) is 21.0. The van der Waals surface area contributed by atoms with Gasteiger partial charge in [-0.3, -0.25) is 4.79 Å². The molecule has 5 nitrogen and oxygen atoms in total. The molecule has 31 heavy (non-hydrogen) atoms. The lowest BCUT2D eigenvalue weighted by Gasteiger charge is -2.09. The maximum atomic E-state index is 12.8. The summed E-state index contributed by atoms with van der Waals surface area (Å²) in [6.45, 7) is 1.96. The molecule has 2 heterocycles. The van der Waals surface area contributed by atoms with E-state index in [0.717, 1.165) is 23.2 Å². The average molecular weight is 464 g/mol. The average Bonchev–Trinajstić information content (AvgIpc) is 3.36. The van der Waals surface area contributed by atoms with E-state index in [1.54, 1.807) is 5.38 Å². The molecular formula is C21H16F3N3O2S2. The van der Waals surface area contributed by atoms with Crippen molar-refractivity contribution in [3.63, 3.8) is 0 Å². The summed E-state index contributed by atoms with van der Waals surface area (Å²) in [5.74, 6) is 0.0411. The van der Waals surface area contributed by atoms with Gasteiger partial charge < -0.3 is 9.73 Å². The van der Waals surface area contributed by atoms with Gasteiger partial charge in [0, 0.05) is 11.9 Å². The number of benzene rings is 2. The Morgan fingerprint density at radius 2 is 2.03 bits per heavy atom. The molecule has 0 radical (unpaired) electrons. The van der Waals surface area contributed by atoms with Crippen molar-refractivity contribution in [1.29, 1.82) is 0 Å². The summed E-state index contributed by atoms with van der Waals surface area (Å²) in [5.41, 5.74) is 2.43. The number of hydrogen-bond donors (Lipinski definition) is 1. The van der Waals surface area contributed by atoms with Gasteiger partial charge in [-0.25, -0.2) is 9.97 Å². The Balaban J connectivity index is 1.34. The number of amides is 1. The van der Waals surface area contributed by atoms with Gasteiger partial charge in [0.25, 0.3) is 11.1 Å². The van der Waals surface area contributed by atoms with Crippen molar-refractivity contribution < 1.29 is 22.4 Å². The second-order valence-corrected chi connectivity index (χ2v) is 8.62. The maximum absolute atomic E-state index is 12.8. The summed E-state index contributed by atoms with van der Waals surface area (Å²) in [6, 6.07) is 10.6. The van der Waals surface area contributed by atoms with Crippen molar-refractivity contribution in [1.82, 2.24) is 15.3 Å². The Bertz CT molecular complexity index is 1230. The lowest BCUT2D eigenvalue weighted by molar-refractivity contribution is -0.137. The maximum Gasteiger partial charge on any atom is 0.416 e. The number of nitrogens with zero attached hydrogens (tertiary/aromatic N) is 2. The molecule has 0 unspecified atom stereocenters. The van der Waals surface area contributed by atoms with Crippen molar-refractivity contribution in [3.8, 4) is 0 Å². The van der Waals surface area contributed by atoms with Crippen LogP contribution >= 0.6 is 23.1 Å². The first-order valence-electron chi connectivity index (χ1n) is 9.17. The van der Waals surface area contributed by atoms with Crippen LogP contribution in [0.2, 0.25) is 0 Å². The second kappa shape index (κ2) is 8.72. The molecule has 0 aliphatic carbocycles. The van der Waals surface area contributed by atoms with Crippen LogP contribution in [0.15, 0.2) is 57.5 Å². The molecule has 0 bridgehead atoms. The zero-order valence-corrected chi connectivity index (χ0v) is 17.8. The zero-order chi connectivity index (χ0) is 22.0. The monoisotopic (exact) mass is 463 g/mol. The third-order valence-electron chi connectivity index (χ3n) is 4.33. The molecular weight excluding hydrogens is 447 g/mol. The lowest BCUT2D eigenvalue weighted by atomic mass is 10.1. The van der Waals surface area contributed by atoms with Crippen molar-refractivity contribution >= 4 is 40.1 Å². The van der Waals surface area contributed by atoms with Gasteiger partial charge in [-0.15, -0.1) is 11.3 Å². The summed E-state index contributed by atoms with van der Waals surface area (Å²) < 4.78 is 44.1. The van der Waals surface area contributed by atoms with E-state index in [0.29, 0.717) is 27.1 Å². The van der Waals surface area contributed by atoms with E-state index in [4.69, 9.17) is 4.42 Å². The van der Waals surface area contributed by atoms with Crippen LogP contribution < -0.4 is 5.32 Å². The van der Waals surface area contributed by atoms with E-state index in [1.165, 1.54) is 35.2 Å². The highest BCUT2D eigenvalue weighted by molar-refractivity contribution is 7.98. The molecule has 4 rings (SSSR count). The predicted molar refractivity (Wildman–Crippen MR) is 113 cm³/mol. The summed E-state index contributed by atoms with van der Waals surface area (Å²) >= 11 is 2.70. The van der Waals surface area contributed by atoms with Crippen LogP contribution in [-0.4, -0.2) is 15.9 Å². The van der Waals surface area contributed by atoms with E-state index in [2.05, 4.69) is 15.3 Å². The predicted octanol–water partition coefficient (Wildman–Crippen LogP) is 5.83. The van der Waals surface area contributed by atoms with Gasteiger partial charge >= 0.3 is 6.18 Å². The Morgan fingerprint density at radius 1 is 1.19 bits per heavy atom. The molecule has 2 aromatic heterocycles. The van der Waals surface area contributed by atoms with E-state index in [9.17, 15) is 18.0 Å². The van der Waals surface area contributed by atoms with Crippen LogP contribution in [0.25, 0.3) is 11.1 Å². The molecule has 10 heteroatoms. The minimum atomic E-state index is -4.42. The molecule has 0 saturated carbocycles. The number of fused-ring (bicyclic) bond motifs is 1. The fourth-order valence-electron chi connectivity index (χ4n) is 2.81. The minimum absolute atomic E-state index is 0.0211. The molecule has 4 aromatic rings. The fourth-order valence-corrected chi connectivity index (χ4v) is 4.44. The highest BCUT2D eigenvalue weighted by atomic mass is 32.2. The number of hydrogen-bond acceptors (Lipinski definition) is 6. The number of aromatic nitrogens is 2. The van der Waals surface area contributed by atoms with Crippen LogP contribution in [0.3, 0.4) is 0 Å². The van der Waals surface area contributed by atoms with E-state index < -0.39 is 17.6 Å². The molecule has 0 atom stereocenters. The molecule has 0 aliphatic heterocycles. The van der Waals surface area contributed by atoms with Crippen LogP contribution in [0.5, 0.6) is 0 Å². The standard InChI is InChI=1S/C21H16F3N3O2S2/c1-12-5-6-17-15(7-12)27-20(29-17)31-11-18-26-16(10-30-18)19(28)25-9-13-3-2-4-14(8-13)21(22,23)24/h2-8,10H,9,11H2,1H3,(H,25,28). The van der Waals surface area contributed by atoms with Crippen LogP contribution in [0.1, 0.15) is 32.2 Å². The van der Waals surface area contributed by atoms with E-state index in [1.807, 2.05) is 25.1 Å². The number of thioether (sulfide) groups is 1. The summed E-state index contributed by atoms with van der Waals surface area (Å²) in [6.07, 6.45) is -4.42. The van der Waals surface area contributed by atoms with Gasteiger partial charge in [0.05, 0.1) is 11.3 Å². The molecule has 0 aliphatic rings. The highest BCUT2D eigenvalue weighted by Crippen LogP contribution is 2.30. The summed E-state index contributed by atoms with van der Waals surface area (Å²) in [5, 5.41) is 5.46. The largest absolute Gasteiger partial charge is 0.431 e. The normalized spacial score (nSPS) is 11.7.